The molecule has 0 bridgehead atoms. The Morgan fingerprint density at radius 3 is 2.79 bits per heavy atom. The van der Waals surface area contributed by atoms with Crippen molar-refractivity contribution in [2.24, 2.45) is 5.10 Å². The van der Waals surface area contributed by atoms with Gasteiger partial charge in [0.25, 0.3) is 5.56 Å². The SMILES string of the molecule is C=CCc1cc(C=Nn2c(C)nc3ccc(Br)cc3c2=O)cc(OCC)c1OC. The summed E-state index contributed by atoms with van der Waals surface area (Å²) in [6.07, 6.45) is 4.04. The Kier molecular flexibility index (Phi) is 6.49. The lowest BCUT2D eigenvalue weighted by molar-refractivity contribution is 0.309. The van der Waals surface area contributed by atoms with Gasteiger partial charge in [-0.25, -0.2) is 4.98 Å². The predicted octanol–water partition coefficient (Wildman–Crippen LogP) is 4.49. The van der Waals surface area contributed by atoms with Crippen molar-refractivity contribution in [3.63, 3.8) is 0 Å². The van der Waals surface area contributed by atoms with Gasteiger partial charge < -0.3 is 9.47 Å². The van der Waals surface area contributed by atoms with E-state index in [1.165, 1.54) is 4.68 Å². The summed E-state index contributed by atoms with van der Waals surface area (Å²) >= 11 is 3.40. The summed E-state index contributed by atoms with van der Waals surface area (Å²) in [6.45, 7) is 7.97. The van der Waals surface area contributed by atoms with Crippen LogP contribution in [-0.2, 0) is 6.42 Å². The second-order valence-corrected chi connectivity index (χ2v) is 7.23. The fourth-order valence-electron chi connectivity index (χ4n) is 3.08. The topological polar surface area (TPSA) is 65.7 Å². The number of hydrogen-bond acceptors (Lipinski definition) is 5. The van der Waals surface area contributed by atoms with Gasteiger partial charge in [0.1, 0.15) is 5.82 Å². The summed E-state index contributed by atoms with van der Waals surface area (Å²) in [5, 5.41) is 4.89. The third-order valence-corrected chi connectivity index (χ3v) is 4.81. The van der Waals surface area contributed by atoms with Gasteiger partial charge in [-0.2, -0.15) is 9.78 Å². The number of aromatic nitrogens is 2. The molecule has 2 aromatic carbocycles. The van der Waals surface area contributed by atoms with Gasteiger partial charge >= 0.3 is 0 Å². The Balaban J connectivity index is 2.10. The van der Waals surface area contributed by atoms with E-state index in [2.05, 4.69) is 32.6 Å². The molecular weight excluding hydrogens is 434 g/mol. The number of halogens is 1. The summed E-state index contributed by atoms with van der Waals surface area (Å²) in [5.41, 5.74) is 2.12. The monoisotopic (exact) mass is 455 g/mol. The van der Waals surface area contributed by atoms with E-state index < -0.39 is 0 Å². The summed E-state index contributed by atoms with van der Waals surface area (Å²) in [4.78, 5) is 17.4. The Bertz CT molecular complexity index is 1150. The van der Waals surface area contributed by atoms with E-state index in [0.717, 1.165) is 15.6 Å². The van der Waals surface area contributed by atoms with Crippen LogP contribution in [0.2, 0.25) is 0 Å². The van der Waals surface area contributed by atoms with E-state index in [-0.39, 0.29) is 5.56 Å². The molecule has 0 fully saturated rings. The molecule has 3 rings (SSSR count). The molecular formula is C22H22BrN3O3. The molecule has 1 heterocycles. The molecule has 0 saturated carbocycles. The molecule has 0 saturated heterocycles. The Morgan fingerprint density at radius 2 is 2.10 bits per heavy atom. The van der Waals surface area contributed by atoms with Crippen molar-refractivity contribution in [1.29, 1.82) is 0 Å². The standard InChI is InChI=1S/C22H22BrN3O3/c1-5-7-16-10-15(11-20(29-6-2)21(16)28-4)13-24-26-14(3)25-19-9-8-17(23)12-18(19)22(26)27/h5,8-13H,1,6-7H2,2-4H3. The molecule has 6 nitrogen and oxygen atoms in total. The van der Waals surface area contributed by atoms with Crippen LogP contribution in [0.4, 0.5) is 0 Å². The first-order valence-corrected chi connectivity index (χ1v) is 9.95. The van der Waals surface area contributed by atoms with Gasteiger partial charge in [-0.3, -0.25) is 4.79 Å². The first kappa shape index (κ1) is 20.8. The van der Waals surface area contributed by atoms with E-state index in [4.69, 9.17) is 9.47 Å². The molecule has 0 unspecified atom stereocenters. The van der Waals surface area contributed by atoms with Crippen LogP contribution in [-0.4, -0.2) is 29.6 Å². The predicted molar refractivity (Wildman–Crippen MR) is 119 cm³/mol. The summed E-state index contributed by atoms with van der Waals surface area (Å²) in [5.74, 6) is 1.81. The van der Waals surface area contributed by atoms with Crippen molar-refractivity contribution in [2.45, 2.75) is 20.3 Å². The normalized spacial score (nSPS) is 11.2. The lowest BCUT2D eigenvalue weighted by Crippen LogP contribution is -2.20. The minimum atomic E-state index is -0.227. The molecule has 0 aliphatic carbocycles. The highest BCUT2D eigenvalue weighted by Crippen LogP contribution is 2.33. The van der Waals surface area contributed by atoms with Gasteiger partial charge in [0.15, 0.2) is 11.5 Å². The van der Waals surface area contributed by atoms with Gasteiger partial charge in [0.2, 0.25) is 0 Å². The van der Waals surface area contributed by atoms with Crippen molar-refractivity contribution >= 4 is 33.0 Å². The second-order valence-electron chi connectivity index (χ2n) is 6.32. The Labute approximate surface area is 177 Å². The van der Waals surface area contributed by atoms with E-state index in [9.17, 15) is 4.79 Å². The van der Waals surface area contributed by atoms with Gasteiger partial charge in [0.05, 0.1) is 30.8 Å². The summed E-state index contributed by atoms with van der Waals surface area (Å²) < 4.78 is 13.3. The third-order valence-electron chi connectivity index (χ3n) is 4.31. The van der Waals surface area contributed by atoms with Crippen LogP contribution >= 0.6 is 15.9 Å². The largest absolute Gasteiger partial charge is 0.493 e. The summed E-state index contributed by atoms with van der Waals surface area (Å²) in [7, 11) is 1.61. The van der Waals surface area contributed by atoms with E-state index in [1.54, 1.807) is 38.5 Å². The van der Waals surface area contributed by atoms with Crippen LogP contribution < -0.4 is 15.0 Å². The number of nitrogens with zero attached hydrogens (tertiary/aromatic N) is 3. The minimum Gasteiger partial charge on any atom is -0.493 e. The van der Waals surface area contributed by atoms with Gasteiger partial charge in [-0.05, 0) is 56.2 Å². The zero-order valence-electron chi connectivity index (χ0n) is 16.6. The molecule has 29 heavy (non-hydrogen) atoms. The van der Waals surface area contributed by atoms with Crippen LogP contribution in [0.3, 0.4) is 0 Å². The molecule has 0 atom stereocenters. The lowest BCUT2D eigenvalue weighted by Gasteiger charge is -2.14. The van der Waals surface area contributed by atoms with Crippen LogP contribution in [0.25, 0.3) is 10.9 Å². The molecule has 7 heteroatoms. The number of benzene rings is 2. The minimum absolute atomic E-state index is 0.227. The number of ether oxygens (including phenoxy) is 2. The smallest absolute Gasteiger partial charge is 0.282 e. The molecule has 0 aliphatic rings. The first-order valence-electron chi connectivity index (χ1n) is 9.16. The molecule has 3 aromatic rings. The van der Waals surface area contributed by atoms with Crippen LogP contribution in [0.15, 0.2) is 57.4 Å². The van der Waals surface area contributed by atoms with E-state index in [1.807, 2.05) is 25.1 Å². The molecule has 0 radical (unpaired) electrons. The fraction of sp³-hybridized carbons (Fsp3) is 0.227. The molecule has 0 amide bonds. The number of aryl methyl sites for hydroxylation is 1. The second kappa shape index (κ2) is 9.05. The number of rotatable bonds is 7. The zero-order chi connectivity index (χ0) is 21.0. The van der Waals surface area contributed by atoms with E-state index >= 15 is 0 Å². The number of fused-ring (bicyclic) bond motifs is 1. The molecule has 0 spiro atoms. The number of allylic oxidation sites excluding steroid dienone is 1. The zero-order valence-corrected chi connectivity index (χ0v) is 18.2. The maximum atomic E-state index is 12.9. The summed E-state index contributed by atoms with van der Waals surface area (Å²) in [6, 6.07) is 9.19. The van der Waals surface area contributed by atoms with Crippen LogP contribution in [0.5, 0.6) is 11.5 Å². The average molecular weight is 456 g/mol. The van der Waals surface area contributed by atoms with Crippen molar-refractivity contribution in [3.8, 4) is 11.5 Å². The molecule has 0 N–H and O–H groups in total. The Morgan fingerprint density at radius 1 is 1.31 bits per heavy atom. The van der Waals surface area contributed by atoms with Gasteiger partial charge in [-0.1, -0.05) is 22.0 Å². The maximum Gasteiger partial charge on any atom is 0.282 e. The number of methoxy groups -OCH3 is 1. The quantitative estimate of drug-likeness (QED) is 0.388. The van der Waals surface area contributed by atoms with Crippen molar-refractivity contribution in [1.82, 2.24) is 9.66 Å². The fourth-order valence-corrected chi connectivity index (χ4v) is 3.44. The van der Waals surface area contributed by atoms with E-state index in [0.29, 0.717) is 41.3 Å². The third kappa shape index (κ3) is 4.40. The highest BCUT2D eigenvalue weighted by atomic mass is 79.9. The maximum absolute atomic E-state index is 12.9. The molecule has 150 valence electrons. The van der Waals surface area contributed by atoms with Crippen LogP contribution in [0.1, 0.15) is 23.9 Å². The highest BCUT2D eigenvalue weighted by molar-refractivity contribution is 9.10. The number of hydrogen-bond donors (Lipinski definition) is 0. The van der Waals surface area contributed by atoms with Crippen molar-refractivity contribution < 1.29 is 9.47 Å². The Hall–Kier alpha value is -2.93. The van der Waals surface area contributed by atoms with Crippen molar-refractivity contribution in [2.75, 3.05) is 13.7 Å². The highest BCUT2D eigenvalue weighted by Gasteiger charge is 2.12. The van der Waals surface area contributed by atoms with Crippen molar-refractivity contribution in [3.05, 3.63) is 74.8 Å². The first-order chi connectivity index (χ1) is 14.0. The lowest BCUT2D eigenvalue weighted by atomic mass is 10.1. The van der Waals surface area contributed by atoms with Crippen LogP contribution in [0, 0.1) is 6.92 Å². The molecule has 1 aromatic heterocycles. The average Bonchev–Trinajstić information content (AvgIpc) is 2.69. The van der Waals surface area contributed by atoms with Gasteiger partial charge in [0, 0.05) is 10.0 Å². The molecule has 0 aliphatic heterocycles. The van der Waals surface area contributed by atoms with Gasteiger partial charge in [-0.15, -0.1) is 6.58 Å².